The minimum Gasteiger partial charge on any atom is -0.394 e. The predicted molar refractivity (Wildman–Crippen MR) is 89.5 cm³/mol. The maximum Gasteiger partial charge on any atom is 0.113 e. The molecule has 0 amide bonds. The molecule has 3 N–H and O–H groups in total. The van der Waals surface area contributed by atoms with Crippen molar-refractivity contribution in [3.63, 3.8) is 0 Å². The summed E-state index contributed by atoms with van der Waals surface area (Å²) in [5, 5.41) is 14.1. The van der Waals surface area contributed by atoms with Crippen LogP contribution in [0.25, 0.3) is 11.3 Å². The molecule has 0 spiro atoms. The Morgan fingerprint density at radius 2 is 2.18 bits per heavy atom. The topological polar surface area (TPSA) is 74.5 Å². The van der Waals surface area contributed by atoms with Gasteiger partial charge in [-0.15, -0.1) is 0 Å². The Bertz CT molecular complexity index is 681. The first-order valence-electron chi connectivity index (χ1n) is 6.98. The van der Waals surface area contributed by atoms with E-state index in [2.05, 4.69) is 20.9 Å². The van der Waals surface area contributed by atoms with Gasteiger partial charge in [-0.3, -0.25) is 4.68 Å². The minimum atomic E-state index is 0.0625. The molecule has 0 radical (unpaired) electrons. The van der Waals surface area contributed by atoms with Crippen molar-refractivity contribution in [3.05, 3.63) is 35.0 Å². The lowest BCUT2D eigenvalue weighted by atomic mass is 10.1. The van der Waals surface area contributed by atoms with Gasteiger partial charge in [-0.1, -0.05) is 17.7 Å². The van der Waals surface area contributed by atoms with Gasteiger partial charge in [-0.2, -0.15) is 5.10 Å². The second kappa shape index (κ2) is 7.40. The first-order chi connectivity index (χ1) is 10.5. The SMILES string of the molecule is CNNC(C)=Nc1cc(-c2cc(C)n(CCO)n2)ccc1Cl. The van der Waals surface area contributed by atoms with Gasteiger partial charge in [-0.05, 0) is 32.0 Å². The Morgan fingerprint density at radius 3 is 2.86 bits per heavy atom. The third kappa shape index (κ3) is 3.85. The van der Waals surface area contributed by atoms with Crippen molar-refractivity contribution < 1.29 is 5.11 Å². The van der Waals surface area contributed by atoms with Crippen molar-refractivity contribution in [1.29, 1.82) is 0 Å². The molecule has 0 bridgehead atoms. The molecule has 7 heteroatoms. The van der Waals surface area contributed by atoms with Gasteiger partial charge in [0.2, 0.25) is 0 Å². The first-order valence-corrected chi connectivity index (χ1v) is 7.36. The maximum absolute atomic E-state index is 9.05. The van der Waals surface area contributed by atoms with Crippen LogP contribution >= 0.6 is 11.6 Å². The number of hydrogen-bond donors (Lipinski definition) is 3. The number of hydrogen-bond acceptors (Lipinski definition) is 4. The number of amidine groups is 1. The summed E-state index contributed by atoms with van der Waals surface area (Å²) in [6.07, 6.45) is 0. The van der Waals surface area contributed by atoms with Gasteiger partial charge in [0.25, 0.3) is 0 Å². The number of nitrogens with one attached hydrogen (secondary N) is 2. The fraction of sp³-hybridized carbons (Fsp3) is 0.333. The van der Waals surface area contributed by atoms with Crippen molar-refractivity contribution in [2.75, 3.05) is 13.7 Å². The van der Waals surface area contributed by atoms with Crippen molar-refractivity contribution in [2.45, 2.75) is 20.4 Å². The number of hydrazine groups is 1. The number of nitrogens with zero attached hydrogens (tertiary/aromatic N) is 3. The van der Waals surface area contributed by atoms with E-state index in [0.29, 0.717) is 23.1 Å². The van der Waals surface area contributed by atoms with Crippen LogP contribution < -0.4 is 10.9 Å². The van der Waals surface area contributed by atoms with Gasteiger partial charge in [0.05, 0.1) is 29.6 Å². The molecule has 6 nitrogen and oxygen atoms in total. The predicted octanol–water partition coefficient (Wildman–Crippen LogP) is 2.28. The van der Waals surface area contributed by atoms with Crippen molar-refractivity contribution in [2.24, 2.45) is 4.99 Å². The van der Waals surface area contributed by atoms with E-state index in [-0.39, 0.29) is 6.61 Å². The molecular formula is C15H20ClN5O. The van der Waals surface area contributed by atoms with Gasteiger partial charge in [0.1, 0.15) is 5.84 Å². The van der Waals surface area contributed by atoms with Crippen molar-refractivity contribution >= 4 is 23.1 Å². The van der Waals surface area contributed by atoms with Crippen molar-refractivity contribution in [3.8, 4) is 11.3 Å². The zero-order chi connectivity index (χ0) is 16.1. The largest absolute Gasteiger partial charge is 0.394 e. The van der Waals surface area contributed by atoms with Crippen LogP contribution in [0.1, 0.15) is 12.6 Å². The number of aryl methyl sites for hydroxylation is 1. The molecule has 0 aliphatic heterocycles. The number of aliphatic hydroxyl groups is 1. The number of aromatic nitrogens is 2. The fourth-order valence-corrected chi connectivity index (χ4v) is 2.28. The Balaban J connectivity index is 2.37. The average Bonchev–Trinajstić information content (AvgIpc) is 2.83. The number of benzene rings is 1. The number of rotatable bonds is 5. The van der Waals surface area contributed by atoms with E-state index in [0.717, 1.165) is 17.0 Å². The second-order valence-corrected chi connectivity index (χ2v) is 5.26. The molecule has 1 aromatic carbocycles. The molecule has 118 valence electrons. The van der Waals surface area contributed by atoms with E-state index in [9.17, 15) is 0 Å². The number of aliphatic imine (C=N–C) groups is 1. The van der Waals surface area contributed by atoms with Crippen LogP contribution in [0.15, 0.2) is 29.3 Å². The Morgan fingerprint density at radius 1 is 1.41 bits per heavy atom. The highest BCUT2D eigenvalue weighted by molar-refractivity contribution is 6.33. The molecule has 0 saturated heterocycles. The molecular weight excluding hydrogens is 302 g/mol. The van der Waals surface area contributed by atoms with Crippen LogP contribution in [-0.2, 0) is 6.54 Å². The normalized spacial score (nSPS) is 11.8. The maximum atomic E-state index is 9.05. The van der Waals surface area contributed by atoms with Crippen LogP contribution in [0.3, 0.4) is 0 Å². The van der Waals surface area contributed by atoms with Crippen LogP contribution in [0.2, 0.25) is 5.02 Å². The van der Waals surface area contributed by atoms with E-state index in [1.807, 2.05) is 38.1 Å². The summed E-state index contributed by atoms with van der Waals surface area (Å²) in [7, 11) is 1.77. The first kappa shape index (κ1) is 16.5. The number of halogens is 1. The number of aliphatic hydroxyl groups excluding tert-OH is 1. The molecule has 1 heterocycles. The zero-order valence-corrected chi connectivity index (χ0v) is 13.6. The average molecular weight is 322 g/mol. The summed E-state index contributed by atoms with van der Waals surface area (Å²) in [6.45, 7) is 4.35. The molecule has 1 aromatic heterocycles. The summed E-state index contributed by atoms with van der Waals surface area (Å²) in [5.74, 6) is 0.712. The standard InChI is InChI=1S/C15H20ClN5O/c1-10-8-14(20-21(10)6-7-22)12-4-5-13(16)15(9-12)18-11(2)19-17-3/h4-5,8-9,17,22H,6-7H2,1-3H3,(H,18,19). The van der Waals surface area contributed by atoms with E-state index in [4.69, 9.17) is 16.7 Å². The highest BCUT2D eigenvalue weighted by Gasteiger charge is 2.09. The Kier molecular flexibility index (Phi) is 5.54. The highest BCUT2D eigenvalue weighted by Crippen LogP contribution is 2.30. The van der Waals surface area contributed by atoms with Crippen LogP contribution in [0.4, 0.5) is 5.69 Å². The molecule has 0 saturated carbocycles. The fourth-order valence-electron chi connectivity index (χ4n) is 2.12. The molecule has 0 atom stereocenters. The molecule has 2 aromatic rings. The van der Waals surface area contributed by atoms with E-state index in [1.165, 1.54) is 0 Å². The summed E-state index contributed by atoms with van der Waals surface area (Å²) >= 11 is 6.20. The van der Waals surface area contributed by atoms with E-state index < -0.39 is 0 Å². The smallest absolute Gasteiger partial charge is 0.113 e. The highest BCUT2D eigenvalue weighted by atomic mass is 35.5. The van der Waals surface area contributed by atoms with Gasteiger partial charge in [-0.25, -0.2) is 10.4 Å². The van der Waals surface area contributed by atoms with E-state index in [1.54, 1.807) is 11.7 Å². The third-order valence-corrected chi connectivity index (χ3v) is 3.45. The molecule has 0 aliphatic rings. The van der Waals surface area contributed by atoms with Crippen LogP contribution in [0, 0.1) is 6.92 Å². The molecule has 2 rings (SSSR count). The summed E-state index contributed by atoms with van der Waals surface area (Å²) in [5.41, 5.74) is 9.15. The molecule has 22 heavy (non-hydrogen) atoms. The monoisotopic (exact) mass is 321 g/mol. The van der Waals surface area contributed by atoms with Gasteiger partial charge in [0, 0.05) is 18.3 Å². The molecule has 0 aliphatic carbocycles. The lowest BCUT2D eigenvalue weighted by Crippen LogP contribution is -2.31. The summed E-state index contributed by atoms with van der Waals surface area (Å²) in [6, 6.07) is 7.59. The van der Waals surface area contributed by atoms with Crippen molar-refractivity contribution in [1.82, 2.24) is 20.6 Å². The van der Waals surface area contributed by atoms with Gasteiger partial charge >= 0.3 is 0 Å². The lowest BCUT2D eigenvalue weighted by molar-refractivity contribution is 0.268. The minimum absolute atomic E-state index is 0.0625. The second-order valence-electron chi connectivity index (χ2n) is 4.86. The summed E-state index contributed by atoms with van der Waals surface area (Å²) < 4.78 is 1.78. The molecule has 0 fully saturated rings. The quantitative estimate of drug-likeness (QED) is 0.449. The van der Waals surface area contributed by atoms with Crippen LogP contribution in [0.5, 0.6) is 0 Å². The third-order valence-electron chi connectivity index (χ3n) is 3.13. The van der Waals surface area contributed by atoms with Crippen LogP contribution in [-0.4, -0.2) is 34.4 Å². The van der Waals surface area contributed by atoms with Gasteiger partial charge in [0.15, 0.2) is 0 Å². The molecule has 0 unspecified atom stereocenters. The Labute approximate surface area is 134 Å². The lowest BCUT2D eigenvalue weighted by Gasteiger charge is -2.06. The summed E-state index contributed by atoms with van der Waals surface area (Å²) in [4.78, 5) is 4.44. The van der Waals surface area contributed by atoms with E-state index >= 15 is 0 Å². The van der Waals surface area contributed by atoms with Gasteiger partial charge < -0.3 is 10.5 Å². The Hall–Kier alpha value is -1.89. The zero-order valence-electron chi connectivity index (χ0n) is 12.9.